The number of hydrogen-bond donors (Lipinski definition) is 1. The van der Waals surface area contributed by atoms with Crippen molar-refractivity contribution in [3.63, 3.8) is 0 Å². The van der Waals surface area contributed by atoms with Gasteiger partial charge in [-0.25, -0.2) is 4.79 Å². The highest BCUT2D eigenvalue weighted by molar-refractivity contribution is 8.17. The van der Waals surface area contributed by atoms with E-state index in [-0.39, 0.29) is 15.6 Å². The molecule has 2 aliphatic heterocycles. The second kappa shape index (κ2) is 7.52. The molecule has 0 bridgehead atoms. The van der Waals surface area contributed by atoms with Crippen molar-refractivity contribution in [2.24, 2.45) is 0 Å². The summed E-state index contributed by atoms with van der Waals surface area (Å²) in [5.74, 6) is 1.73. The molecule has 0 spiro atoms. The van der Waals surface area contributed by atoms with E-state index in [2.05, 4.69) is 33.9 Å². The van der Waals surface area contributed by atoms with E-state index in [1.165, 1.54) is 12.5 Å². The van der Waals surface area contributed by atoms with Crippen molar-refractivity contribution in [3.05, 3.63) is 11.6 Å². The zero-order valence-electron chi connectivity index (χ0n) is 14.6. The Morgan fingerprint density at radius 1 is 1.39 bits per heavy atom. The molecule has 0 radical (unpaired) electrons. The first-order valence-electron chi connectivity index (χ1n) is 8.08. The van der Waals surface area contributed by atoms with Gasteiger partial charge in [0, 0.05) is 11.6 Å². The third kappa shape index (κ3) is 4.78. The van der Waals surface area contributed by atoms with Gasteiger partial charge in [0.25, 0.3) is 0 Å². The first kappa shape index (κ1) is 19.4. The lowest BCUT2D eigenvalue weighted by Gasteiger charge is -2.37. The van der Waals surface area contributed by atoms with Gasteiger partial charge in [-0.05, 0) is 36.1 Å². The number of esters is 1. The molecule has 23 heavy (non-hydrogen) atoms. The van der Waals surface area contributed by atoms with Crippen LogP contribution in [0.4, 0.5) is 0 Å². The number of rotatable bonds is 5. The summed E-state index contributed by atoms with van der Waals surface area (Å²) in [6.45, 7) is 11.3. The summed E-state index contributed by atoms with van der Waals surface area (Å²) in [6, 6.07) is 0. The van der Waals surface area contributed by atoms with Gasteiger partial charge in [0.2, 0.25) is 0 Å². The van der Waals surface area contributed by atoms with E-state index in [1.54, 1.807) is 23.5 Å². The summed E-state index contributed by atoms with van der Waals surface area (Å²) in [4.78, 5) is 11.7. The van der Waals surface area contributed by atoms with Gasteiger partial charge in [-0.3, -0.25) is 0 Å². The number of hydrogen-bond acceptors (Lipinski definition) is 6. The highest BCUT2D eigenvalue weighted by Gasteiger charge is 2.41. The summed E-state index contributed by atoms with van der Waals surface area (Å²) in [6.07, 6.45) is 1.43. The maximum absolute atomic E-state index is 11.7. The smallest absolute Gasteiger partial charge is 0.331 e. The molecule has 0 unspecified atom stereocenters. The predicted molar refractivity (Wildman–Crippen MR) is 100 cm³/mol. The maximum atomic E-state index is 11.7. The number of thioether (sulfide) groups is 2. The lowest BCUT2D eigenvalue weighted by Crippen LogP contribution is -2.43. The molecule has 1 N–H and O–H groups in total. The summed E-state index contributed by atoms with van der Waals surface area (Å²) >= 11 is 3.50. The molecule has 2 atom stereocenters. The van der Waals surface area contributed by atoms with Crippen LogP contribution in [0.25, 0.3) is 0 Å². The third-order valence-electron chi connectivity index (χ3n) is 4.76. The lowest BCUT2D eigenvalue weighted by atomic mass is 10.1. The Labute approximate surface area is 148 Å². The molecule has 0 aromatic rings. The standard InChI is InChI=1S/C16H28O4S2Si/c1-16(2,3)23(4,5)19-10-11-9-12(17)20-14(11)13(18)15-21-7-6-8-22-15/h9,13-15,18H,6-8,10H2,1-5H3/t13-,14-/m1/s1. The van der Waals surface area contributed by atoms with Gasteiger partial charge < -0.3 is 14.3 Å². The van der Waals surface area contributed by atoms with Gasteiger partial charge in [-0.2, -0.15) is 0 Å². The number of carbonyl (C=O) groups excluding carboxylic acids is 1. The van der Waals surface area contributed by atoms with Crippen molar-refractivity contribution < 1.29 is 19.1 Å². The molecule has 1 fully saturated rings. The van der Waals surface area contributed by atoms with E-state index in [9.17, 15) is 9.90 Å². The van der Waals surface area contributed by atoms with Gasteiger partial charge in [-0.15, -0.1) is 23.5 Å². The van der Waals surface area contributed by atoms with E-state index in [0.29, 0.717) is 6.61 Å². The number of aliphatic hydroxyl groups excluding tert-OH is 1. The molecule has 0 aromatic heterocycles. The number of aliphatic hydroxyl groups is 1. The van der Waals surface area contributed by atoms with Gasteiger partial charge >= 0.3 is 5.97 Å². The van der Waals surface area contributed by atoms with Crippen molar-refractivity contribution in [2.45, 2.75) is 62.1 Å². The Balaban J connectivity index is 2.01. The fourth-order valence-corrected chi connectivity index (χ4v) is 6.08. The van der Waals surface area contributed by atoms with Crippen LogP contribution in [-0.2, 0) is 14.0 Å². The summed E-state index contributed by atoms with van der Waals surface area (Å²) in [5.41, 5.74) is 0.777. The van der Waals surface area contributed by atoms with Crippen molar-refractivity contribution in [1.82, 2.24) is 0 Å². The minimum absolute atomic E-state index is 0.0657. The molecule has 2 rings (SSSR count). The monoisotopic (exact) mass is 376 g/mol. The van der Waals surface area contributed by atoms with Crippen LogP contribution < -0.4 is 0 Å². The Bertz CT molecular complexity index is 467. The van der Waals surface area contributed by atoms with E-state index < -0.39 is 20.5 Å². The van der Waals surface area contributed by atoms with Crippen LogP contribution in [0.15, 0.2) is 11.6 Å². The largest absolute Gasteiger partial charge is 0.452 e. The third-order valence-corrected chi connectivity index (χ3v) is 12.3. The number of cyclic esters (lactones) is 1. The predicted octanol–water partition coefficient (Wildman–Crippen LogP) is 3.42. The fourth-order valence-electron chi connectivity index (χ4n) is 2.21. The second-order valence-corrected chi connectivity index (χ2v) is 15.2. The molecule has 0 aromatic carbocycles. The minimum Gasteiger partial charge on any atom is -0.452 e. The van der Waals surface area contributed by atoms with Crippen molar-refractivity contribution in [2.75, 3.05) is 18.1 Å². The molecular formula is C16H28O4S2Si. The summed E-state index contributed by atoms with van der Waals surface area (Å²) in [5, 5.41) is 10.8. The van der Waals surface area contributed by atoms with Crippen LogP contribution in [0.5, 0.6) is 0 Å². The van der Waals surface area contributed by atoms with Crippen molar-refractivity contribution in [3.8, 4) is 0 Å². The maximum Gasteiger partial charge on any atom is 0.331 e. The number of ether oxygens (including phenoxy) is 1. The van der Waals surface area contributed by atoms with Gasteiger partial charge in [-0.1, -0.05) is 20.8 Å². The van der Waals surface area contributed by atoms with Crippen LogP contribution in [0.3, 0.4) is 0 Å². The molecule has 0 amide bonds. The molecule has 132 valence electrons. The normalized spacial score (nSPS) is 25.2. The first-order valence-corrected chi connectivity index (χ1v) is 13.1. The molecular weight excluding hydrogens is 348 g/mol. The topological polar surface area (TPSA) is 55.8 Å². The molecule has 4 nitrogen and oxygen atoms in total. The van der Waals surface area contributed by atoms with E-state index in [1.807, 2.05) is 0 Å². The lowest BCUT2D eigenvalue weighted by molar-refractivity contribution is -0.142. The Kier molecular flexibility index (Phi) is 6.33. The Hall–Kier alpha value is 0.0469. The minimum atomic E-state index is -1.90. The Morgan fingerprint density at radius 3 is 2.57 bits per heavy atom. The molecule has 2 aliphatic rings. The highest BCUT2D eigenvalue weighted by atomic mass is 32.2. The average Bonchev–Trinajstić information content (AvgIpc) is 2.85. The molecule has 2 heterocycles. The highest BCUT2D eigenvalue weighted by Crippen LogP contribution is 2.39. The van der Waals surface area contributed by atoms with Crippen LogP contribution in [0.1, 0.15) is 27.2 Å². The van der Waals surface area contributed by atoms with Gasteiger partial charge in [0.05, 0.1) is 11.2 Å². The van der Waals surface area contributed by atoms with Crippen LogP contribution in [-0.4, -0.2) is 54.3 Å². The van der Waals surface area contributed by atoms with Crippen molar-refractivity contribution >= 4 is 37.8 Å². The van der Waals surface area contributed by atoms with Gasteiger partial charge in [0.1, 0.15) is 6.10 Å². The Morgan fingerprint density at radius 2 is 2.00 bits per heavy atom. The zero-order chi connectivity index (χ0) is 17.3. The first-order chi connectivity index (χ1) is 10.6. The summed E-state index contributed by atoms with van der Waals surface area (Å²) < 4.78 is 11.6. The van der Waals surface area contributed by atoms with E-state index >= 15 is 0 Å². The SMILES string of the molecule is CC(C)(C)[Si](C)(C)OCC1=CC(=O)O[C@H]1[C@@H](O)C1SCCCS1. The number of carbonyl (C=O) groups is 1. The van der Waals surface area contributed by atoms with E-state index in [0.717, 1.165) is 17.1 Å². The molecule has 0 saturated carbocycles. The second-order valence-electron chi connectivity index (χ2n) is 7.58. The molecule has 1 saturated heterocycles. The van der Waals surface area contributed by atoms with E-state index in [4.69, 9.17) is 9.16 Å². The van der Waals surface area contributed by atoms with Gasteiger partial charge in [0.15, 0.2) is 14.4 Å². The molecule has 7 heteroatoms. The van der Waals surface area contributed by atoms with Crippen molar-refractivity contribution in [1.29, 1.82) is 0 Å². The van der Waals surface area contributed by atoms with Crippen LogP contribution in [0.2, 0.25) is 18.1 Å². The zero-order valence-corrected chi connectivity index (χ0v) is 17.3. The molecule has 0 aliphatic carbocycles. The quantitative estimate of drug-likeness (QED) is 0.586. The average molecular weight is 377 g/mol. The van der Waals surface area contributed by atoms with Crippen LogP contribution in [0, 0.1) is 0 Å². The van der Waals surface area contributed by atoms with Crippen LogP contribution >= 0.6 is 23.5 Å². The summed E-state index contributed by atoms with van der Waals surface area (Å²) in [7, 11) is -1.90. The fraction of sp³-hybridized carbons (Fsp3) is 0.812.